The molecule has 0 amide bonds. The summed E-state index contributed by atoms with van der Waals surface area (Å²) in [5, 5.41) is 138. The minimum Gasteiger partial charge on any atom is -0.508 e. The first kappa shape index (κ1) is 53.7. The lowest BCUT2D eigenvalue weighted by atomic mass is 9.97. The number of carbonyl (C=O) groups excluding carboxylic acids is 1. The van der Waals surface area contributed by atoms with Crippen LogP contribution >= 0.6 is 0 Å². The topological polar surface area (TPSA) is 393 Å². The highest BCUT2D eigenvalue weighted by atomic mass is 16.8. The lowest BCUT2D eigenvalue weighted by Gasteiger charge is -2.47. The van der Waals surface area contributed by atoms with Crippen LogP contribution in [0, 0.1) is 0 Å². The van der Waals surface area contributed by atoms with Crippen molar-refractivity contribution in [2.45, 2.75) is 144 Å². The van der Waals surface area contributed by atoms with E-state index in [0.717, 1.165) is 18.2 Å². The molecule has 5 heterocycles. The summed E-state index contributed by atoms with van der Waals surface area (Å²) in [6, 6.07) is 12.8. The number of aliphatic hydroxyl groups is 10. The monoisotopic (exact) mass is 1030 g/mol. The van der Waals surface area contributed by atoms with Crippen molar-refractivity contribution in [2.75, 3.05) is 6.61 Å². The zero-order valence-corrected chi connectivity index (χ0v) is 38.9. The number of aromatic hydroxyl groups is 3. The molecule has 0 saturated carbocycles. The van der Waals surface area contributed by atoms with Crippen molar-refractivity contribution in [1.82, 2.24) is 0 Å². The first-order valence-corrected chi connectivity index (χ1v) is 23.0. The Morgan fingerprint density at radius 3 is 1.73 bits per heavy atom. The molecule has 4 aliphatic rings. The summed E-state index contributed by atoms with van der Waals surface area (Å²) in [7, 11) is 0. The second kappa shape index (κ2) is 22.1. The van der Waals surface area contributed by atoms with Gasteiger partial charge < -0.3 is 113 Å². The molecular formula is C48H56O25. The van der Waals surface area contributed by atoms with E-state index in [1.165, 1.54) is 75.4 Å². The van der Waals surface area contributed by atoms with Gasteiger partial charge in [0.05, 0.1) is 24.9 Å². The lowest BCUT2D eigenvalue weighted by Crippen LogP contribution is -2.65. The molecule has 0 radical (unpaired) electrons. The Morgan fingerprint density at radius 1 is 0.589 bits per heavy atom. The summed E-state index contributed by atoms with van der Waals surface area (Å²) in [6.45, 7) is 3.34. The van der Waals surface area contributed by atoms with Crippen molar-refractivity contribution in [1.29, 1.82) is 0 Å². The summed E-state index contributed by atoms with van der Waals surface area (Å²) in [4.78, 5) is 28.4. The number of ether oxygens (including phenoxy) is 9. The van der Waals surface area contributed by atoms with Gasteiger partial charge in [-0.25, -0.2) is 4.79 Å². The second-order valence-corrected chi connectivity index (χ2v) is 18.0. The van der Waals surface area contributed by atoms with Gasteiger partial charge in [0.15, 0.2) is 30.5 Å². The van der Waals surface area contributed by atoms with Crippen LogP contribution in [0.2, 0.25) is 0 Å². The largest absolute Gasteiger partial charge is 0.508 e. The Kier molecular flexibility index (Phi) is 16.3. The van der Waals surface area contributed by atoms with Gasteiger partial charge in [0, 0.05) is 23.8 Å². The molecule has 4 aromatic rings. The number of fused-ring (bicyclic) bond motifs is 1. The van der Waals surface area contributed by atoms with E-state index < -0.39 is 163 Å². The van der Waals surface area contributed by atoms with E-state index in [-0.39, 0.29) is 28.4 Å². The molecule has 73 heavy (non-hydrogen) atoms. The molecule has 4 fully saturated rings. The average Bonchev–Trinajstić information content (AvgIpc) is 3.36. The second-order valence-electron chi connectivity index (χ2n) is 18.0. The highest BCUT2D eigenvalue weighted by Crippen LogP contribution is 2.40. The van der Waals surface area contributed by atoms with E-state index in [4.69, 9.17) is 47.0 Å². The van der Waals surface area contributed by atoms with Crippen molar-refractivity contribution >= 4 is 23.0 Å². The third-order valence-corrected chi connectivity index (χ3v) is 12.8. The number of hydrogen-bond donors (Lipinski definition) is 13. The molecule has 4 aliphatic heterocycles. The van der Waals surface area contributed by atoms with Crippen molar-refractivity contribution in [2.24, 2.45) is 0 Å². The fourth-order valence-electron chi connectivity index (χ4n) is 8.56. The Balaban J connectivity index is 1.20. The summed E-state index contributed by atoms with van der Waals surface area (Å²) in [6.07, 6.45) is -31.8. The van der Waals surface area contributed by atoms with Crippen LogP contribution in [0.4, 0.5) is 0 Å². The molecule has 0 spiro atoms. The molecule has 25 nitrogen and oxygen atoms in total. The molecule has 3 aromatic carbocycles. The predicted molar refractivity (Wildman–Crippen MR) is 242 cm³/mol. The number of carbonyl (C=O) groups is 1. The summed E-state index contributed by atoms with van der Waals surface area (Å²) >= 11 is 0. The molecular weight excluding hydrogens is 977 g/mol. The first-order valence-electron chi connectivity index (χ1n) is 23.0. The van der Waals surface area contributed by atoms with E-state index in [1.807, 2.05) is 0 Å². The number of phenols is 3. The maximum Gasteiger partial charge on any atom is 0.331 e. The van der Waals surface area contributed by atoms with Gasteiger partial charge in [0.1, 0.15) is 101 Å². The molecule has 20 atom stereocenters. The van der Waals surface area contributed by atoms with E-state index in [9.17, 15) is 76.0 Å². The first-order chi connectivity index (χ1) is 34.6. The van der Waals surface area contributed by atoms with Gasteiger partial charge >= 0.3 is 5.97 Å². The highest BCUT2D eigenvalue weighted by molar-refractivity contribution is 5.88. The van der Waals surface area contributed by atoms with Gasteiger partial charge in [-0.2, -0.15) is 0 Å². The summed E-state index contributed by atoms with van der Waals surface area (Å²) in [5.41, 5.74) is -1.04. The van der Waals surface area contributed by atoms with Crippen molar-refractivity contribution in [3.63, 3.8) is 0 Å². The Bertz CT molecular complexity index is 2620. The van der Waals surface area contributed by atoms with Crippen LogP contribution in [-0.4, -0.2) is 202 Å². The SMILES string of the molecule is CC1OC(OCC2OC(Oc3c(-c4ccc(O)cc4)oc4cc(OC5OC(C)C(O)C(O)C5O)cc(O)c4c3=O)C(OC3OC(C)C(O)C(O)C3O)C(O)C2OC(=O)C=Cc2ccc(O)cc2)C(O)C(O)C1O. The fraction of sp³-hybridized carbons (Fsp3) is 0.500. The smallest absolute Gasteiger partial charge is 0.331 e. The molecule has 398 valence electrons. The number of hydrogen-bond acceptors (Lipinski definition) is 25. The van der Waals surface area contributed by atoms with Crippen LogP contribution in [0.15, 0.2) is 76.0 Å². The molecule has 25 heteroatoms. The van der Waals surface area contributed by atoms with E-state index in [1.54, 1.807) is 0 Å². The van der Waals surface area contributed by atoms with Gasteiger partial charge in [-0.3, -0.25) is 4.79 Å². The molecule has 4 saturated heterocycles. The zero-order chi connectivity index (χ0) is 52.7. The number of phenolic OH excluding ortho intramolecular Hbond substituents is 3. The maximum atomic E-state index is 14.8. The fourth-order valence-corrected chi connectivity index (χ4v) is 8.56. The summed E-state index contributed by atoms with van der Waals surface area (Å²) < 4.78 is 59.0. The number of esters is 1. The van der Waals surface area contributed by atoms with Gasteiger partial charge in [0.25, 0.3) is 0 Å². The van der Waals surface area contributed by atoms with Crippen LogP contribution in [-0.2, 0) is 38.0 Å². The van der Waals surface area contributed by atoms with Crippen molar-refractivity contribution in [3.8, 4) is 40.1 Å². The molecule has 20 unspecified atom stereocenters. The number of aliphatic hydroxyl groups excluding tert-OH is 10. The normalized spacial score (nSPS) is 37.0. The standard InChI is InChI=1S/C48H56O25/c1-17-30(53)34(57)37(60)45(65-17)64-16-27-42(71-28(52)13-6-20-4-9-22(49)10-5-20)40(63)44(73-47-39(62)36(59)32(55)19(3)67-47)48(70-27)72-43-33(56)29-25(51)14-24(68-46-38(61)35(58)31(54)18(2)66-46)15-26(29)69-41(43)21-7-11-23(50)12-8-21/h4-15,17-19,27,30-32,34-40,42,44-51,53-55,57-63H,16H2,1-3H3. The maximum absolute atomic E-state index is 14.8. The lowest BCUT2D eigenvalue weighted by molar-refractivity contribution is -0.360. The zero-order valence-electron chi connectivity index (χ0n) is 38.9. The predicted octanol–water partition coefficient (Wildman–Crippen LogP) is -2.07. The Morgan fingerprint density at radius 2 is 1.12 bits per heavy atom. The Labute approximate surface area is 413 Å². The molecule has 0 aliphatic carbocycles. The Hall–Kier alpha value is -5.56. The third kappa shape index (κ3) is 11.3. The minimum absolute atomic E-state index is 0.0331. The highest BCUT2D eigenvalue weighted by Gasteiger charge is 2.54. The van der Waals surface area contributed by atoms with Gasteiger partial charge in [0.2, 0.25) is 23.8 Å². The molecule has 13 N–H and O–H groups in total. The van der Waals surface area contributed by atoms with Crippen LogP contribution in [0.5, 0.6) is 28.7 Å². The van der Waals surface area contributed by atoms with Crippen LogP contribution in [0.1, 0.15) is 26.3 Å². The van der Waals surface area contributed by atoms with Gasteiger partial charge in [-0.05, 0) is 68.8 Å². The average molecular weight is 1030 g/mol. The molecule has 0 bridgehead atoms. The van der Waals surface area contributed by atoms with Gasteiger partial charge in [-0.1, -0.05) is 12.1 Å². The van der Waals surface area contributed by atoms with Crippen LogP contribution in [0.3, 0.4) is 0 Å². The van der Waals surface area contributed by atoms with E-state index in [0.29, 0.717) is 5.56 Å². The quantitative estimate of drug-likeness (QED) is 0.0505. The summed E-state index contributed by atoms with van der Waals surface area (Å²) in [5.74, 6) is -3.66. The molecule has 8 rings (SSSR count). The van der Waals surface area contributed by atoms with E-state index in [2.05, 4.69) is 0 Å². The van der Waals surface area contributed by atoms with Crippen molar-refractivity contribution < 1.29 is 118 Å². The third-order valence-electron chi connectivity index (χ3n) is 12.8. The van der Waals surface area contributed by atoms with Crippen LogP contribution < -0.4 is 14.9 Å². The van der Waals surface area contributed by atoms with Crippen molar-refractivity contribution in [3.05, 3.63) is 82.5 Å². The number of benzene rings is 3. The van der Waals surface area contributed by atoms with Crippen LogP contribution in [0.25, 0.3) is 28.4 Å². The van der Waals surface area contributed by atoms with E-state index >= 15 is 0 Å². The number of rotatable bonds is 13. The minimum atomic E-state index is -2.16. The molecule has 1 aromatic heterocycles. The van der Waals surface area contributed by atoms with Gasteiger partial charge in [-0.15, -0.1) is 0 Å².